The maximum atomic E-state index is 12.7. The van der Waals surface area contributed by atoms with E-state index in [1.807, 2.05) is 23.1 Å². The summed E-state index contributed by atoms with van der Waals surface area (Å²) in [5.74, 6) is -0.822. The van der Waals surface area contributed by atoms with Gasteiger partial charge >= 0.3 is 5.97 Å². The Morgan fingerprint density at radius 1 is 1.09 bits per heavy atom. The molecule has 0 atom stereocenters. The van der Waals surface area contributed by atoms with Gasteiger partial charge in [-0.3, -0.25) is 9.59 Å². The second-order valence-electron chi connectivity index (χ2n) is 6.31. The minimum atomic E-state index is -0.727. The summed E-state index contributed by atoms with van der Waals surface area (Å²) in [6.45, 7) is 1.37. The van der Waals surface area contributed by atoms with E-state index in [1.54, 1.807) is 0 Å². The number of hydrogen-bond donors (Lipinski definition) is 1. The first-order chi connectivity index (χ1) is 10.5. The Kier molecular flexibility index (Phi) is 4.39. The Morgan fingerprint density at radius 2 is 1.77 bits per heavy atom. The van der Waals surface area contributed by atoms with Crippen molar-refractivity contribution >= 4 is 23.5 Å². The lowest BCUT2D eigenvalue weighted by molar-refractivity contribution is -0.146. The van der Waals surface area contributed by atoms with Crippen molar-refractivity contribution in [3.05, 3.63) is 34.3 Å². The zero-order valence-electron chi connectivity index (χ0n) is 12.4. The Balaban J connectivity index is 1.62. The third-order valence-corrected chi connectivity index (χ3v) is 5.15. The van der Waals surface area contributed by atoms with E-state index >= 15 is 0 Å². The van der Waals surface area contributed by atoms with Gasteiger partial charge in [0, 0.05) is 24.0 Å². The molecule has 0 spiro atoms. The molecule has 0 bridgehead atoms. The second-order valence-corrected chi connectivity index (χ2v) is 6.75. The van der Waals surface area contributed by atoms with Gasteiger partial charge in [0.2, 0.25) is 5.91 Å². The van der Waals surface area contributed by atoms with Crippen LogP contribution in [-0.4, -0.2) is 28.4 Å². The van der Waals surface area contributed by atoms with Crippen molar-refractivity contribution in [2.75, 3.05) is 6.54 Å². The minimum Gasteiger partial charge on any atom is -0.481 e. The number of amides is 1. The molecular formula is C17H20ClNO3. The van der Waals surface area contributed by atoms with E-state index in [-0.39, 0.29) is 17.7 Å². The number of nitrogens with zero attached hydrogens (tertiary/aromatic N) is 1. The van der Waals surface area contributed by atoms with E-state index in [0.29, 0.717) is 32.2 Å². The molecular weight excluding hydrogens is 302 g/mol. The molecule has 1 aromatic rings. The van der Waals surface area contributed by atoms with Gasteiger partial charge in [-0.2, -0.15) is 0 Å². The number of carboxylic acids is 1. The fourth-order valence-corrected chi connectivity index (χ4v) is 3.75. The number of fused-ring (bicyclic) bond motifs is 1. The van der Waals surface area contributed by atoms with Crippen LogP contribution in [0.3, 0.4) is 0 Å². The average molecular weight is 322 g/mol. The fraction of sp³-hybridized carbons (Fsp3) is 0.529. The van der Waals surface area contributed by atoms with Crippen LogP contribution < -0.4 is 0 Å². The van der Waals surface area contributed by atoms with Crippen LogP contribution in [0.25, 0.3) is 0 Å². The Bertz CT molecular complexity index is 594. The lowest BCUT2D eigenvalue weighted by Crippen LogP contribution is -2.41. The topological polar surface area (TPSA) is 57.6 Å². The van der Waals surface area contributed by atoms with Gasteiger partial charge in [0.25, 0.3) is 0 Å². The summed E-state index contributed by atoms with van der Waals surface area (Å²) in [5, 5.41) is 9.78. The van der Waals surface area contributed by atoms with Gasteiger partial charge < -0.3 is 10.0 Å². The van der Waals surface area contributed by atoms with Gasteiger partial charge in [-0.25, -0.2) is 0 Å². The van der Waals surface area contributed by atoms with E-state index in [4.69, 9.17) is 16.7 Å². The molecule has 118 valence electrons. The standard InChI is InChI=1S/C17H20ClNO3/c18-15-6-5-14-10-19(8-7-13(14)9-15)16(20)11-1-3-12(4-2-11)17(21)22/h5-6,9,11-12H,1-4,7-8,10H2,(H,21,22). The third-order valence-electron chi connectivity index (χ3n) is 4.92. The van der Waals surface area contributed by atoms with E-state index in [0.717, 1.165) is 18.0 Å². The highest BCUT2D eigenvalue weighted by Gasteiger charge is 2.33. The Morgan fingerprint density at radius 3 is 2.45 bits per heavy atom. The van der Waals surface area contributed by atoms with Crippen molar-refractivity contribution in [1.29, 1.82) is 0 Å². The fourth-order valence-electron chi connectivity index (χ4n) is 3.56. The second kappa shape index (κ2) is 6.29. The molecule has 1 heterocycles. The maximum absolute atomic E-state index is 12.7. The van der Waals surface area contributed by atoms with Crippen LogP contribution in [0, 0.1) is 11.8 Å². The third kappa shape index (κ3) is 3.12. The van der Waals surface area contributed by atoms with Crippen molar-refractivity contribution in [3.8, 4) is 0 Å². The number of carboxylic acid groups (broad SMARTS) is 1. The van der Waals surface area contributed by atoms with E-state index in [9.17, 15) is 9.59 Å². The molecule has 0 unspecified atom stereocenters. The average Bonchev–Trinajstić information content (AvgIpc) is 2.53. The van der Waals surface area contributed by atoms with Crippen LogP contribution in [0.15, 0.2) is 18.2 Å². The van der Waals surface area contributed by atoms with E-state index < -0.39 is 5.97 Å². The number of aliphatic carboxylic acids is 1. The van der Waals surface area contributed by atoms with Gasteiger partial charge in [-0.15, -0.1) is 0 Å². The SMILES string of the molecule is O=C(O)C1CCC(C(=O)N2CCc3cc(Cl)ccc3C2)CC1. The summed E-state index contributed by atoms with van der Waals surface area (Å²) in [7, 11) is 0. The number of carbonyl (C=O) groups excluding carboxylic acids is 1. The van der Waals surface area contributed by atoms with Crippen LogP contribution in [0.5, 0.6) is 0 Å². The van der Waals surface area contributed by atoms with Gasteiger partial charge in [0.15, 0.2) is 0 Å². The van der Waals surface area contributed by atoms with Crippen molar-refractivity contribution in [1.82, 2.24) is 4.90 Å². The van der Waals surface area contributed by atoms with Crippen LogP contribution in [0.4, 0.5) is 0 Å². The quantitative estimate of drug-likeness (QED) is 0.910. The van der Waals surface area contributed by atoms with Crippen molar-refractivity contribution in [2.45, 2.75) is 38.6 Å². The number of benzene rings is 1. The summed E-state index contributed by atoms with van der Waals surface area (Å²) in [6.07, 6.45) is 3.46. The molecule has 1 amide bonds. The molecule has 1 aliphatic heterocycles. The summed E-state index contributed by atoms with van der Waals surface area (Å²) in [6, 6.07) is 5.85. The maximum Gasteiger partial charge on any atom is 0.306 e. The van der Waals surface area contributed by atoms with Crippen molar-refractivity contribution in [2.24, 2.45) is 11.8 Å². The molecule has 3 rings (SSSR count). The number of carbonyl (C=O) groups is 2. The monoisotopic (exact) mass is 321 g/mol. The molecule has 1 N–H and O–H groups in total. The molecule has 1 saturated carbocycles. The number of rotatable bonds is 2. The highest BCUT2D eigenvalue weighted by atomic mass is 35.5. The molecule has 1 fully saturated rings. The lowest BCUT2D eigenvalue weighted by atomic mass is 9.81. The van der Waals surface area contributed by atoms with Crippen molar-refractivity contribution < 1.29 is 14.7 Å². The molecule has 0 radical (unpaired) electrons. The molecule has 0 saturated heterocycles. The Hall–Kier alpha value is -1.55. The van der Waals surface area contributed by atoms with Gasteiger partial charge in [-0.05, 0) is 55.4 Å². The predicted molar refractivity (Wildman–Crippen MR) is 83.7 cm³/mol. The van der Waals surface area contributed by atoms with Gasteiger partial charge in [-0.1, -0.05) is 17.7 Å². The molecule has 1 aliphatic carbocycles. The summed E-state index contributed by atoms with van der Waals surface area (Å²) in [5.41, 5.74) is 2.40. The number of hydrogen-bond acceptors (Lipinski definition) is 2. The van der Waals surface area contributed by atoms with E-state index in [2.05, 4.69) is 0 Å². The smallest absolute Gasteiger partial charge is 0.306 e. The molecule has 22 heavy (non-hydrogen) atoms. The predicted octanol–water partition coefficient (Wildman–Crippen LogP) is 3.12. The zero-order chi connectivity index (χ0) is 15.7. The molecule has 4 nitrogen and oxygen atoms in total. The first-order valence-electron chi connectivity index (χ1n) is 7.83. The summed E-state index contributed by atoms with van der Waals surface area (Å²) in [4.78, 5) is 25.6. The highest BCUT2D eigenvalue weighted by Crippen LogP contribution is 2.32. The van der Waals surface area contributed by atoms with Crippen LogP contribution >= 0.6 is 11.6 Å². The summed E-state index contributed by atoms with van der Waals surface area (Å²) >= 11 is 6.01. The van der Waals surface area contributed by atoms with E-state index in [1.165, 1.54) is 11.1 Å². The van der Waals surface area contributed by atoms with Crippen LogP contribution in [0.1, 0.15) is 36.8 Å². The molecule has 0 aromatic heterocycles. The lowest BCUT2D eigenvalue weighted by Gasteiger charge is -2.34. The normalized spacial score (nSPS) is 24.7. The zero-order valence-corrected chi connectivity index (χ0v) is 13.2. The summed E-state index contributed by atoms with van der Waals surface area (Å²) < 4.78 is 0. The molecule has 1 aromatic carbocycles. The van der Waals surface area contributed by atoms with Gasteiger partial charge in [0.1, 0.15) is 0 Å². The number of halogens is 1. The van der Waals surface area contributed by atoms with Crippen LogP contribution in [0.2, 0.25) is 5.02 Å². The first kappa shape index (κ1) is 15.3. The first-order valence-corrected chi connectivity index (χ1v) is 8.21. The minimum absolute atomic E-state index is 0.00977. The molecule has 2 aliphatic rings. The van der Waals surface area contributed by atoms with Crippen LogP contribution in [-0.2, 0) is 22.6 Å². The Labute approximate surface area is 135 Å². The highest BCUT2D eigenvalue weighted by molar-refractivity contribution is 6.30. The van der Waals surface area contributed by atoms with Crippen molar-refractivity contribution in [3.63, 3.8) is 0 Å². The molecule has 5 heteroatoms. The largest absolute Gasteiger partial charge is 0.481 e. The van der Waals surface area contributed by atoms with Gasteiger partial charge in [0.05, 0.1) is 5.92 Å².